The van der Waals surface area contributed by atoms with E-state index in [-0.39, 0.29) is 0 Å². The van der Waals surface area contributed by atoms with Crippen LogP contribution in [0.1, 0.15) is 12.8 Å². The molecule has 21 heavy (non-hydrogen) atoms. The first-order chi connectivity index (χ1) is 10.3. The number of pyridine rings is 2. The number of rotatable bonds is 4. The fourth-order valence-electron chi connectivity index (χ4n) is 2.68. The highest BCUT2D eigenvalue weighted by atomic mass is 79.9. The van der Waals surface area contributed by atoms with Gasteiger partial charge in [0.1, 0.15) is 0 Å². The smallest absolute Gasteiger partial charge is 0.213 e. The number of hydrogen-bond acceptors (Lipinski definition) is 4. The van der Waals surface area contributed by atoms with E-state index in [1.807, 2.05) is 30.6 Å². The second-order valence-corrected chi connectivity index (χ2v) is 6.11. The molecule has 5 heteroatoms. The fourth-order valence-corrected chi connectivity index (χ4v) is 3.18. The lowest BCUT2D eigenvalue weighted by Gasteiger charge is -2.34. The van der Waals surface area contributed by atoms with Crippen molar-refractivity contribution in [2.45, 2.75) is 12.8 Å². The predicted molar refractivity (Wildman–Crippen MR) is 86.6 cm³/mol. The van der Waals surface area contributed by atoms with Crippen LogP contribution in [-0.4, -0.2) is 29.7 Å². The van der Waals surface area contributed by atoms with Gasteiger partial charge in [-0.15, -0.1) is 0 Å². The van der Waals surface area contributed by atoms with E-state index in [4.69, 9.17) is 4.74 Å². The van der Waals surface area contributed by atoms with E-state index in [2.05, 4.69) is 36.9 Å². The third kappa shape index (κ3) is 3.73. The fraction of sp³-hybridized carbons (Fsp3) is 0.375. The summed E-state index contributed by atoms with van der Waals surface area (Å²) in [5, 5.41) is 0. The second kappa shape index (κ2) is 6.89. The summed E-state index contributed by atoms with van der Waals surface area (Å²) >= 11 is 3.58. The Balaban J connectivity index is 1.60. The molecular weight excluding hydrogens is 330 g/mol. The Bertz CT molecular complexity index is 579. The van der Waals surface area contributed by atoms with Crippen molar-refractivity contribution in [3.8, 4) is 5.88 Å². The van der Waals surface area contributed by atoms with Crippen molar-refractivity contribution in [2.24, 2.45) is 5.92 Å². The monoisotopic (exact) mass is 347 g/mol. The van der Waals surface area contributed by atoms with Crippen LogP contribution in [0.5, 0.6) is 5.88 Å². The standard InChI is InChI=1S/C16H18BrN3O/c17-14-10-18-8-6-15(14)20-9-3-4-13(11-20)12-21-16-5-1-2-7-19-16/h1-2,5-8,10,13H,3-4,9,11-12H2. The van der Waals surface area contributed by atoms with Gasteiger partial charge in [0.25, 0.3) is 0 Å². The third-order valence-corrected chi connectivity index (χ3v) is 4.33. The lowest BCUT2D eigenvalue weighted by molar-refractivity contribution is 0.222. The van der Waals surface area contributed by atoms with Crippen LogP contribution < -0.4 is 9.64 Å². The number of nitrogens with zero attached hydrogens (tertiary/aromatic N) is 3. The van der Waals surface area contributed by atoms with Gasteiger partial charge in [-0.05, 0) is 40.9 Å². The van der Waals surface area contributed by atoms with E-state index in [0.29, 0.717) is 11.8 Å². The molecule has 2 aromatic rings. The van der Waals surface area contributed by atoms with Gasteiger partial charge < -0.3 is 9.64 Å². The molecule has 3 rings (SSSR count). The molecule has 0 saturated carbocycles. The molecule has 0 spiro atoms. The molecule has 1 saturated heterocycles. The summed E-state index contributed by atoms with van der Waals surface area (Å²) < 4.78 is 6.85. The largest absolute Gasteiger partial charge is 0.477 e. The maximum Gasteiger partial charge on any atom is 0.213 e. The Labute approximate surface area is 133 Å². The normalized spacial score (nSPS) is 18.5. The summed E-state index contributed by atoms with van der Waals surface area (Å²) in [5.41, 5.74) is 1.22. The van der Waals surface area contributed by atoms with Gasteiger partial charge in [-0.25, -0.2) is 4.98 Å². The topological polar surface area (TPSA) is 38.2 Å². The van der Waals surface area contributed by atoms with Crippen molar-refractivity contribution >= 4 is 21.6 Å². The van der Waals surface area contributed by atoms with Gasteiger partial charge in [0.2, 0.25) is 5.88 Å². The summed E-state index contributed by atoms with van der Waals surface area (Å²) in [7, 11) is 0. The lowest BCUT2D eigenvalue weighted by atomic mass is 9.98. The average Bonchev–Trinajstić information content (AvgIpc) is 2.55. The Morgan fingerprint density at radius 2 is 2.24 bits per heavy atom. The zero-order valence-electron chi connectivity index (χ0n) is 11.8. The summed E-state index contributed by atoms with van der Waals surface area (Å²) in [5.74, 6) is 1.24. The van der Waals surface area contributed by atoms with Gasteiger partial charge in [0.05, 0.1) is 16.8 Å². The molecular formula is C16H18BrN3O. The number of anilines is 1. The van der Waals surface area contributed by atoms with Crippen molar-refractivity contribution < 1.29 is 4.74 Å². The molecule has 3 heterocycles. The molecule has 2 aromatic heterocycles. The molecule has 0 aliphatic carbocycles. The SMILES string of the molecule is Brc1cnccc1N1CCCC(COc2ccccn2)C1. The highest BCUT2D eigenvalue weighted by Crippen LogP contribution is 2.29. The Morgan fingerprint density at radius 3 is 3.05 bits per heavy atom. The molecule has 4 nitrogen and oxygen atoms in total. The van der Waals surface area contributed by atoms with Crippen molar-refractivity contribution in [1.29, 1.82) is 0 Å². The average molecular weight is 348 g/mol. The first kappa shape index (κ1) is 14.3. The summed E-state index contributed by atoms with van der Waals surface area (Å²) in [4.78, 5) is 10.7. The van der Waals surface area contributed by atoms with Gasteiger partial charge in [-0.3, -0.25) is 4.98 Å². The van der Waals surface area contributed by atoms with Gasteiger partial charge >= 0.3 is 0 Å². The van der Waals surface area contributed by atoms with Crippen molar-refractivity contribution in [1.82, 2.24) is 9.97 Å². The van der Waals surface area contributed by atoms with E-state index < -0.39 is 0 Å². The highest BCUT2D eigenvalue weighted by molar-refractivity contribution is 9.10. The maximum atomic E-state index is 5.80. The summed E-state index contributed by atoms with van der Waals surface area (Å²) in [6, 6.07) is 7.81. The van der Waals surface area contributed by atoms with Gasteiger partial charge in [-0.2, -0.15) is 0 Å². The summed E-state index contributed by atoms with van der Waals surface area (Å²) in [6.07, 6.45) is 7.84. The minimum Gasteiger partial charge on any atom is -0.477 e. The predicted octanol–water partition coefficient (Wildman–Crippen LogP) is 3.53. The number of hydrogen-bond donors (Lipinski definition) is 0. The zero-order chi connectivity index (χ0) is 14.5. The number of ether oxygens (including phenoxy) is 1. The minimum atomic E-state index is 0.529. The van der Waals surface area contributed by atoms with Crippen molar-refractivity contribution in [3.05, 3.63) is 47.3 Å². The summed E-state index contributed by atoms with van der Waals surface area (Å²) in [6.45, 7) is 2.81. The van der Waals surface area contributed by atoms with Crippen LogP contribution in [0.25, 0.3) is 0 Å². The molecule has 1 aliphatic rings. The Morgan fingerprint density at radius 1 is 1.29 bits per heavy atom. The molecule has 0 amide bonds. The first-order valence-corrected chi connectivity index (χ1v) is 8.00. The maximum absolute atomic E-state index is 5.80. The number of aromatic nitrogens is 2. The molecule has 1 aliphatic heterocycles. The first-order valence-electron chi connectivity index (χ1n) is 7.21. The third-order valence-electron chi connectivity index (χ3n) is 3.72. The molecule has 1 unspecified atom stereocenters. The van der Waals surface area contributed by atoms with Crippen molar-refractivity contribution in [2.75, 3.05) is 24.6 Å². The molecule has 1 fully saturated rings. The zero-order valence-corrected chi connectivity index (χ0v) is 13.4. The van der Waals surface area contributed by atoms with Gasteiger partial charge in [-0.1, -0.05) is 6.07 Å². The number of piperidine rings is 1. The van der Waals surface area contributed by atoms with Crippen LogP contribution in [-0.2, 0) is 0 Å². The molecule has 0 radical (unpaired) electrons. The quantitative estimate of drug-likeness (QED) is 0.847. The van der Waals surface area contributed by atoms with E-state index in [0.717, 1.165) is 24.2 Å². The van der Waals surface area contributed by atoms with Gasteiger partial charge in [0, 0.05) is 43.7 Å². The molecule has 1 atom stereocenters. The molecule has 0 aromatic carbocycles. The lowest BCUT2D eigenvalue weighted by Crippen LogP contribution is -2.38. The van der Waals surface area contributed by atoms with Crippen LogP contribution in [0.4, 0.5) is 5.69 Å². The van der Waals surface area contributed by atoms with E-state index in [1.165, 1.54) is 18.5 Å². The van der Waals surface area contributed by atoms with Crippen LogP contribution in [0.3, 0.4) is 0 Å². The molecule has 0 bridgehead atoms. The Kier molecular flexibility index (Phi) is 4.70. The van der Waals surface area contributed by atoms with E-state index in [1.54, 1.807) is 6.20 Å². The molecule has 0 N–H and O–H groups in total. The van der Waals surface area contributed by atoms with Crippen molar-refractivity contribution in [3.63, 3.8) is 0 Å². The van der Waals surface area contributed by atoms with E-state index in [9.17, 15) is 0 Å². The Hall–Kier alpha value is -1.62. The van der Waals surface area contributed by atoms with Crippen LogP contribution in [0.2, 0.25) is 0 Å². The number of halogens is 1. The van der Waals surface area contributed by atoms with Crippen LogP contribution in [0, 0.1) is 5.92 Å². The van der Waals surface area contributed by atoms with Gasteiger partial charge in [0.15, 0.2) is 0 Å². The molecule has 110 valence electrons. The van der Waals surface area contributed by atoms with E-state index >= 15 is 0 Å². The van der Waals surface area contributed by atoms with Crippen LogP contribution >= 0.6 is 15.9 Å². The van der Waals surface area contributed by atoms with Crippen LogP contribution in [0.15, 0.2) is 47.3 Å². The minimum absolute atomic E-state index is 0.529. The highest BCUT2D eigenvalue weighted by Gasteiger charge is 2.22. The second-order valence-electron chi connectivity index (χ2n) is 5.26.